The molecule has 1 aromatic carbocycles. The molecule has 0 aliphatic heterocycles. The minimum absolute atomic E-state index is 0.0969. The van der Waals surface area contributed by atoms with Gasteiger partial charge in [0.1, 0.15) is 4.99 Å². The van der Waals surface area contributed by atoms with E-state index in [1.165, 1.54) is 19.3 Å². The number of hydrogen-bond acceptors (Lipinski definition) is 2. The average molecular weight is 295 g/mol. The maximum Gasteiger partial charge on any atom is 0.228 e. The van der Waals surface area contributed by atoms with Gasteiger partial charge < -0.3 is 11.1 Å². The molecule has 2 atom stereocenters. The topological polar surface area (TPSA) is 55.1 Å². The minimum Gasteiger partial charge on any atom is -0.389 e. The van der Waals surface area contributed by atoms with Crippen molar-refractivity contribution in [1.82, 2.24) is 0 Å². The van der Waals surface area contributed by atoms with Crippen molar-refractivity contribution in [3.05, 3.63) is 28.8 Å². The summed E-state index contributed by atoms with van der Waals surface area (Å²) in [6, 6.07) is 5.22. The predicted molar refractivity (Wildman–Crippen MR) is 80.3 cm³/mol. The number of benzene rings is 1. The quantitative estimate of drug-likeness (QED) is 0.843. The number of anilines is 1. The highest BCUT2D eigenvalue weighted by atomic mass is 35.5. The molecular formula is C14H15ClN2OS. The second-order valence-electron chi connectivity index (χ2n) is 5.33. The third kappa shape index (κ3) is 2.35. The zero-order valence-corrected chi connectivity index (χ0v) is 11.9. The average Bonchev–Trinajstić information content (AvgIpc) is 2.85. The number of carbonyl (C=O) groups is 1. The van der Waals surface area contributed by atoms with Gasteiger partial charge in [0.25, 0.3) is 0 Å². The molecule has 3 rings (SSSR count). The van der Waals surface area contributed by atoms with Crippen LogP contribution in [0, 0.1) is 17.8 Å². The van der Waals surface area contributed by atoms with Gasteiger partial charge in [0.05, 0.1) is 10.7 Å². The zero-order valence-electron chi connectivity index (χ0n) is 10.4. The van der Waals surface area contributed by atoms with Crippen molar-refractivity contribution in [3.63, 3.8) is 0 Å². The lowest BCUT2D eigenvalue weighted by molar-refractivity contribution is -0.118. The Morgan fingerprint density at radius 1 is 1.37 bits per heavy atom. The van der Waals surface area contributed by atoms with E-state index in [9.17, 15) is 4.79 Å². The Balaban J connectivity index is 1.70. The van der Waals surface area contributed by atoms with Crippen LogP contribution in [0.3, 0.4) is 0 Å². The van der Waals surface area contributed by atoms with Crippen molar-refractivity contribution in [3.8, 4) is 0 Å². The van der Waals surface area contributed by atoms with Crippen molar-refractivity contribution in [2.75, 3.05) is 5.32 Å². The predicted octanol–water partition coefficient (Wildman–Crippen LogP) is 2.96. The molecule has 1 amide bonds. The van der Waals surface area contributed by atoms with Crippen LogP contribution in [-0.2, 0) is 4.79 Å². The highest BCUT2D eigenvalue weighted by Gasteiger charge is 2.56. The van der Waals surface area contributed by atoms with Crippen LogP contribution in [0.15, 0.2) is 18.2 Å². The molecule has 2 aliphatic carbocycles. The molecule has 0 heterocycles. The summed E-state index contributed by atoms with van der Waals surface area (Å²) in [6.07, 6.45) is 3.65. The first-order valence-corrected chi connectivity index (χ1v) is 7.27. The van der Waals surface area contributed by atoms with E-state index in [2.05, 4.69) is 5.32 Å². The van der Waals surface area contributed by atoms with E-state index in [-0.39, 0.29) is 11.8 Å². The molecule has 2 fully saturated rings. The highest BCUT2D eigenvalue weighted by Crippen LogP contribution is 2.57. The van der Waals surface area contributed by atoms with Crippen molar-refractivity contribution in [2.24, 2.45) is 23.5 Å². The molecule has 1 aromatic rings. The van der Waals surface area contributed by atoms with Crippen LogP contribution in [0.4, 0.5) is 5.69 Å². The number of carbonyl (C=O) groups excluding carboxylic acids is 1. The van der Waals surface area contributed by atoms with E-state index in [0.717, 1.165) is 0 Å². The molecule has 0 spiro atoms. The molecule has 3 N–H and O–H groups in total. The van der Waals surface area contributed by atoms with Crippen LogP contribution >= 0.6 is 23.8 Å². The van der Waals surface area contributed by atoms with E-state index < -0.39 is 0 Å². The Hall–Kier alpha value is -1.13. The molecule has 0 aromatic heterocycles. The van der Waals surface area contributed by atoms with E-state index in [1.54, 1.807) is 18.2 Å². The molecule has 2 saturated carbocycles. The molecule has 19 heavy (non-hydrogen) atoms. The molecule has 100 valence electrons. The number of hydrogen-bond donors (Lipinski definition) is 2. The first-order valence-electron chi connectivity index (χ1n) is 6.48. The monoisotopic (exact) mass is 294 g/mol. The maximum absolute atomic E-state index is 12.1. The van der Waals surface area contributed by atoms with Crippen LogP contribution in [0.2, 0.25) is 5.02 Å². The summed E-state index contributed by atoms with van der Waals surface area (Å²) >= 11 is 11.0. The minimum atomic E-state index is 0.0969. The van der Waals surface area contributed by atoms with Crippen LogP contribution in [0.5, 0.6) is 0 Å². The summed E-state index contributed by atoms with van der Waals surface area (Å²) in [5.41, 5.74) is 6.88. The Kier molecular flexibility index (Phi) is 3.23. The third-order valence-electron chi connectivity index (χ3n) is 4.22. The maximum atomic E-state index is 12.1. The zero-order chi connectivity index (χ0) is 13.6. The summed E-state index contributed by atoms with van der Waals surface area (Å²) < 4.78 is 0. The third-order valence-corrected chi connectivity index (χ3v) is 4.77. The van der Waals surface area contributed by atoms with E-state index in [4.69, 9.17) is 29.6 Å². The summed E-state index contributed by atoms with van der Waals surface area (Å²) in [6.45, 7) is 0. The lowest BCUT2D eigenvalue weighted by Crippen LogP contribution is -2.17. The molecule has 3 nitrogen and oxygen atoms in total. The molecule has 0 saturated heterocycles. The number of rotatable bonds is 3. The summed E-state index contributed by atoms with van der Waals surface area (Å²) in [5.74, 6) is 1.50. The van der Waals surface area contributed by atoms with Gasteiger partial charge in [0.15, 0.2) is 0 Å². The van der Waals surface area contributed by atoms with E-state index >= 15 is 0 Å². The number of nitrogens with one attached hydrogen (secondary N) is 1. The van der Waals surface area contributed by atoms with Crippen LogP contribution in [0.1, 0.15) is 24.8 Å². The molecule has 2 unspecified atom stereocenters. The largest absolute Gasteiger partial charge is 0.389 e. The Labute approximate surface area is 122 Å². The van der Waals surface area contributed by atoms with E-state index in [0.29, 0.717) is 33.1 Å². The fraction of sp³-hybridized carbons (Fsp3) is 0.429. The standard InChI is InChI=1S/C14H15ClN2OS/c15-10-6-7(13(16)19)4-5-11(10)17-14(18)12-8-2-1-3-9(8)12/h4-6,8-9,12H,1-3H2,(H2,16,19)(H,17,18). The molecule has 0 bridgehead atoms. The van der Waals surface area contributed by atoms with E-state index in [1.807, 2.05) is 0 Å². The van der Waals surface area contributed by atoms with Crippen LogP contribution in [0.25, 0.3) is 0 Å². The SMILES string of the molecule is NC(=S)c1ccc(NC(=O)C2C3CCCC32)c(Cl)c1. The van der Waals surface area contributed by atoms with Gasteiger partial charge in [-0.2, -0.15) is 0 Å². The normalized spacial score (nSPS) is 27.7. The second-order valence-corrected chi connectivity index (χ2v) is 6.18. The van der Waals surface area contributed by atoms with Crippen molar-refractivity contribution in [1.29, 1.82) is 0 Å². The first-order chi connectivity index (χ1) is 9.08. The van der Waals surface area contributed by atoms with Gasteiger partial charge >= 0.3 is 0 Å². The van der Waals surface area contributed by atoms with Gasteiger partial charge in [-0.1, -0.05) is 30.2 Å². The number of halogens is 1. The van der Waals surface area contributed by atoms with Gasteiger partial charge in [0, 0.05) is 11.5 Å². The van der Waals surface area contributed by atoms with Crippen molar-refractivity contribution < 1.29 is 4.79 Å². The Bertz CT molecular complexity index is 550. The molecule has 0 radical (unpaired) electrons. The summed E-state index contributed by atoms with van der Waals surface area (Å²) in [4.78, 5) is 12.4. The number of amides is 1. The Morgan fingerprint density at radius 2 is 2.05 bits per heavy atom. The van der Waals surface area contributed by atoms with Crippen molar-refractivity contribution >= 4 is 40.4 Å². The summed E-state index contributed by atoms with van der Waals surface area (Å²) in [7, 11) is 0. The lowest BCUT2D eigenvalue weighted by atomic mass is 10.1. The fourth-order valence-electron chi connectivity index (χ4n) is 3.20. The molecule has 2 aliphatic rings. The number of thiocarbonyl (C=S) groups is 1. The Morgan fingerprint density at radius 3 is 2.63 bits per heavy atom. The van der Waals surface area contributed by atoms with Gasteiger partial charge in [-0.05, 0) is 42.9 Å². The van der Waals surface area contributed by atoms with Gasteiger partial charge in [-0.15, -0.1) is 0 Å². The van der Waals surface area contributed by atoms with Gasteiger partial charge in [0.2, 0.25) is 5.91 Å². The van der Waals surface area contributed by atoms with Crippen molar-refractivity contribution in [2.45, 2.75) is 19.3 Å². The lowest BCUT2D eigenvalue weighted by Gasteiger charge is -2.09. The summed E-state index contributed by atoms with van der Waals surface area (Å²) in [5, 5.41) is 3.39. The first kappa shape index (κ1) is 12.9. The fourth-order valence-corrected chi connectivity index (χ4v) is 3.55. The molecular weight excluding hydrogens is 280 g/mol. The van der Waals surface area contributed by atoms with Crippen LogP contribution in [-0.4, -0.2) is 10.9 Å². The second kappa shape index (κ2) is 4.76. The van der Waals surface area contributed by atoms with Gasteiger partial charge in [-0.25, -0.2) is 0 Å². The number of nitrogens with two attached hydrogens (primary N) is 1. The smallest absolute Gasteiger partial charge is 0.228 e. The number of fused-ring (bicyclic) bond motifs is 1. The molecule has 5 heteroatoms. The van der Waals surface area contributed by atoms with Crippen LogP contribution < -0.4 is 11.1 Å². The highest BCUT2D eigenvalue weighted by molar-refractivity contribution is 7.80. The van der Waals surface area contributed by atoms with Gasteiger partial charge in [-0.3, -0.25) is 4.79 Å².